The monoisotopic (exact) mass is 583 g/mol. The van der Waals surface area contributed by atoms with E-state index in [0.29, 0.717) is 19.5 Å². The van der Waals surface area contributed by atoms with Gasteiger partial charge in [0.2, 0.25) is 21.8 Å². The van der Waals surface area contributed by atoms with Crippen LogP contribution in [-0.2, 0) is 39.1 Å². The number of hydrogen-bond acceptors (Lipinski definition) is 4. The van der Waals surface area contributed by atoms with Crippen LogP contribution in [0.15, 0.2) is 114 Å². The zero-order chi connectivity index (χ0) is 30.0. The molecule has 4 aromatic rings. The van der Waals surface area contributed by atoms with Gasteiger partial charge in [-0.2, -0.15) is 0 Å². The van der Waals surface area contributed by atoms with E-state index in [1.807, 2.05) is 91.9 Å². The number of aryl methyl sites for hydroxylation is 2. The van der Waals surface area contributed by atoms with Gasteiger partial charge in [-0.25, -0.2) is 13.1 Å². The Morgan fingerprint density at radius 3 is 1.98 bits per heavy atom. The van der Waals surface area contributed by atoms with E-state index < -0.39 is 16.1 Å². The molecule has 0 heterocycles. The summed E-state index contributed by atoms with van der Waals surface area (Å²) in [6.07, 6.45) is 0.554. The standard InChI is InChI=1S/C34H37N3O4S/c1-3-36-42(40,41)31-21-18-27(19-22-31)20-23-32(38)37(25-29-10-6-4-7-11-29)33(30-12-8-5-9-13-30)34(39)35-24-28-16-14-26(2)15-17-28/h4-19,21-22,33,36H,3,20,23-25H2,1-2H3,(H,35,39)/t33-/m0/s1. The van der Waals surface area contributed by atoms with Crippen molar-refractivity contribution in [3.8, 4) is 0 Å². The van der Waals surface area contributed by atoms with E-state index in [0.717, 1.165) is 27.8 Å². The van der Waals surface area contributed by atoms with Crippen LogP contribution in [0.3, 0.4) is 0 Å². The molecule has 0 spiro atoms. The van der Waals surface area contributed by atoms with Crippen LogP contribution in [0.1, 0.15) is 47.2 Å². The summed E-state index contributed by atoms with van der Waals surface area (Å²) in [6.45, 7) is 4.65. The van der Waals surface area contributed by atoms with Gasteiger partial charge in [0.1, 0.15) is 6.04 Å². The van der Waals surface area contributed by atoms with Crippen molar-refractivity contribution in [1.29, 1.82) is 0 Å². The van der Waals surface area contributed by atoms with Crippen molar-refractivity contribution in [1.82, 2.24) is 14.9 Å². The number of carbonyl (C=O) groups excluding carboxylic acids is 2. The van der Waals surface area contributed by atoms with Gasteiger partial charge in [-0.1, -0.05) is 110 Å². The first-order chi connectivity index (χ1) is 20.3. The Hall–Kier alpha value is -4.27. The molecule has 2 N–H and O–H groups in total. The second-order valence-corrected chi connectivity index (χ2v) is 11.9. The van der Waals surface area contributed by atoms with Gasteiger partial charge >= 0.3 is 0 Å². The van der Waals surface area contributed by atoms with Crippen molar-refractivity contribution >= 4 is 21.8 Å². The summed E-state index contributed by atoms with van der Waals surface area (Å²) in [6, 6.07) is 32.6. The summed E-state index contributed by atoms with van der Waals surface area (Å²) in [5.41, 5.74) is 4.58. The number of amides is 2. The van der Waals surface area contributed by atoms with Gasteiger partial charge in [0.15, 0.2) is 0 Å². The molecule has 0 unspecified atom stereocenters. The predicted molar refractivity (Wildman–Crippen MR) is 165 cm³/mol. The number of rotatable bonds is 13. The molecule has 0 aliphatic heterocycles. The first kappa shape index (κ1) is 30.7. The molecule has 0 bridgehead atoms. The fourth-order valence-electron chi connectivity index (χ4n) is 4.71. The highest BCUT2D eigenvalue weighted by atomic mass is 32.2. The summed E-state index contributed by atoms with van der Waals surface area (Å²) in [5.74, 6) is -0.438. The number of nitrogens with one attached hydrogen (secondary N) is 2. The maximum atomic E-state index is 13.9. The molecule has 0 radical (unpaired) electrons. The Labute approximate surface area is 248 Å². The van der Waals surface area contributed by atoms with Gasteiger partial charge in [-0.15, -0.1) is 0 Å². The highest BCUT2D eigenvalue weighted by Gasteiger charge is 2.31. The Bertz CT molecular complexity index is 1560. The average molecular weight is 584 g/mol. The zero-order valence-corrected chi connectivity index (χ0v) is 24.8. The molecular formula is C34H37N3O4S. The van der Waals surface area contributed by atoms with Crippen molar-refractivity contribution in [2.45, 2.75) is 50.7 Å². The molecule has 4 rings (SSSR count). The second kappa shape index (κ2) is 14.6. The molecule has 1 atom stereocenters. The van der Waals surface area contributed by atoms with Crippen LogP contribution < -0.4 is 10.0 Å². The molecule has 7 nitrogen and oxygen atoms in total. The molecule has 42 heavy (non-hydrogen) atoms. The van der Waals surface area contributed by atoms with Crippen LogP contribution in [0, 0.1) is 6.92 Å². The lowest BCUT2D eigenvalue weighted by atomic mass is 10.0. The summed E-state index contributed by atoms with van der Waals surface area (Å²) in [7, 11) is -3.56. The molecule has 8 heteroatoms. The van der Waals surface area contributed by atoms with E-state index in [4.69, 9.17) is 0 Å². The molecule has 0 fully saturated rings. The Balaban J connectivity index is 1.58. The van der Waals surface area contributed by atoms with Crippen molar-refractivity contribution in [2.24, 2.45) is 0 Å². The minimum absolute atomic E-state index is 0.153. The number of nitrogens with zero attached hydrogens (tertiary/aromatic N) is 1. The van der Waals surface area contributed by atoms with Crippen molar-refractivity contribution in [3.05, 3.63) is 137 Å². The largest absolute Gasteiger partial charge is 0.350 e. The fraction of sp³-hybridized carbons (Fsp3) is 0.235. The number of hydrogen-bond donors (Lipinski definition) is 2. The van der Waals surface area contributed by atoms with Crippen molar-refractivity contribution in [2.75, 3.05) is 6.54 Å². The van der Waals surface area contributed by atoms with Crippen LogP contribution >= 0.6 is 0 Å². The third kappa shape index (κ3) is 8.38. The van der Waals surface area contributed by atoms with Crippen LogP contribution in [-0.4, -0.2) is 31.7 Å². The molecule has 0 saturated carbocycles. The Kier molecular flexibility index (Phi) is 10.6. The maximum Gasteiger partial charge on any atom is 0.247 e. The Morgan fingerprint density at radius 2 is 1.36 bits per heavy atom. The molecule has 0 aromatic heterocycles. The van der Waals surface area contributed by atoms with Crippen LogP contribution in [0.2, 0.25) is 0 Å². The third-order valence-corrected chi connectivity index (χ3v) is 8.54. The average Bonchev–Trinajstić information content (AvgIpc) is 3.00. The molecule has 4 aromatic carbocycles. The predicted octanol–water partition coefficient (Wildman–Crippen LogP) is 5.31. The third-order valence-electron chi connectivity index (χ3n) is 6.97. The summed E-state index contributed by atoms with van der Waals surface area (Å²) >= 11 is 0. The first-order valence-electron chi connectivity index (χ1n) is 14.1. The molecule has 2 amide bonds. The lowest BCUT2D eigenvalue weighted by Gasteiger charge is -2.32. The summed E-state index contributed by atoms with van der Waals surface area (Å²) < 4.78 is 27.1. The lowest BCUT2D eigenvalue weighted by Crippen LogP contribution is -2.43. The highest BCUT2D eigenvalue weighted by molar-refractivity contribution is 7.89. The van der Waals surface area contributed by atoms with Crippen LogP contribution in [0.5, 0.6) is 0 Å². The van der Waals surface area contributed by atoms with Gasteiger partial charge < -0.3 is 10.2 Å². The van der Waals surface area contributed by atoms with Gasteiger partial charge in [0.05, 0.1) is 4.90 Å². The van der Waals surface area contributed by atoms with E-state index >= 15 is 0 Å². The molecule has 0 aliphatic rings. The zero-order valence-electron chi connectivity index (χ0n) is 24.0. The quantitative estimate of drug-likeness (QED) is 0.223. The van der Waals surface area contributed by atoms with Crippen LogP contribution in [0.4, 0.5) is 0 Å². The maximum absolute atomic E-state index is 13.9. The van der Waals surface area contributed by atoms with Crippen molar-refractivity contribution in [3.63, 3.8) is 0 Å². The van der Waals surface area contributed by atoms with E-state index in [1.165, 1.54) is 0 Å². The summed E-state index contributed by atoms with van der Waals surface area (Å²) in [4.78, 5) is 29.5. The number of benzene rings is 4. The first-order valence-corrected chi connectivity index (χ1v) is 15.6. The number of sulfonamides is 1. The van der Waals surface area contributed by atoms with E-state index in [2.05, 4.69) is 10.0 Å². The van der Waals surface area contributed by atoms with Crippen LogP contribution in [0.25, 0.3) is 0 Å². The second-order valence-electron chi connectivity index (χ2n) is 10.2. The summed E-state index contributed by atoms with van der Waals surface area (Å²) in [5, 5.41) is 3.05. The van der Waals surface area contributed by atoms with Crippen molar-refractivity contribution < 1.29 is 18.0 Å². The molecular weight excluding hydrogens is 546 g/mol. The van der Waals surface area contributed by atoms with E-state index in [1.54, 1.807) is 36.1 Å². The van der Waals surface area contributed by atoms with Gasteiger partial charge in [0.25, 0.3) is 0 Å². The van der Waals surface area contributed by atoms with Gasteiger partial charge in [-0.3, -0.25) is 9.59 Å². The minimum Gasteiger partial charge on any atom is -0.350 e. The van der Waals surface area contributed by atoms with Gasteiger partial charge in [0, 0.05) is 26.1 Å². The normalized spacial score (nSPS) is 12.0. The lowest BCUT2D eigenvalue weighted by molar-refractivity contribution is -0.141. The van der Waals surface area contributed by atoms with Gasteiger partial charge in [-0.05, 0) is 47.7 Å². The molecule has 0 saturated heterocycles. The Morgan fingerprint density at radius 1 is 0.762 bits per heavy atom. The van der Waals surface area contributed by atoms with E-state index in [9.17, 15) is 18.0 Å². The number of carbonyl (C=O) groups is 2. The topological polar surface area (TPSA) is 95.6 Å². The molecule has 218 valence electrons. The smallest absolute Gasteiger partial charge is 0.247 e. The highest BCUT2D eigenvalue weighted by Crippen LogP contribution is 2.25. The SMILES string of the molecule is CCNS(=O)(=O)c1ccc(CCC(=O)N(Cc2ccccc2)[C@H](C(=O)NCc2ccc(C)cc2)c2ccccc2)cc1. The minimum atomic E-state index is -3.56. The van der Waals surface area contributed by atoms with E-state index in [-0.39, 0.29) is 29.7 Å². The fourth-order valence-corrected chi connectivity index (χ4v) is 5.75. The molecule has 0 aliphatic carbocycles.